The Hall–Kier alpha value is -2.62. The first-order valence-corrected chi connectivity index (χ1v) is 12.1. The van der Waals surface area contributed by atoms with E-state index in [0.717, 1.165) is 4.90 Å². The Kier molecular flexibility index (Phi) is 6.31. The van der Waals surface area contributed by atoms with Crippen LogP contribution in [0.4, 0.5) is 4.79 Å². The van der Waals surface area contributed by atoms with Crippen LogP contribution in [0.1, 0.15) is 32.8 Å². The van der Waals surface area contributed by atoms with Crippen molar-refractivity contribution in [3.8, 4) is 5.75 Å². The lowest BCUT2D eigenvalue weighted by Crippen LogP contribution is -2.49. The Labute approximate surface area is 182 Å². The molecule has 1 aromatic carbocycles. The minimum absolute atomic E-state index is 0.0399. The third kappa shape index (κ3) is 4.68. The predicted octanol–water partition coefficient (Wildman–Crippen LogP) is 1.13. The van der Waals surface area contributed by atoms with Gasteiger partial charge in [-0.2, -0.15) is 0 Å². The Bertz CT molecular complexity index is 975. The van der Waals surface area contributed by atoms with Crippen molar-refractivity contribution >= 4 is 27.7 Å². The summed E-state index contributed by atoms with van der Waals surface area (Å²) in [4.78, 5) is 41.3. The number of carbonyl (C=O) groups excluding carboxylic acids is 3. The van der Waals surface area contributed by atoms with E-state index in [1.54, 1.807) is 31.2 Å². The Morgan fingerprint density at radius 3 is 2.45 bits per heavy atom. The van der Waals surface area contributed by atoms with Crippen LogP contribution >= 0.6 is 0 Å². The van der Waals surface area contributed by atoms with Crippen molar-refractivity contribution in [2.45, 2.75) is 38.8 Å². The summed E-state index contributed by atoms with van der Waals surface area (Å²) >= 11 is 0. The normalized spacial score (nSPS) is 25.1. The smallest absolute Gasteiger partial charge is 0.325 e. The molecule has 0 aliphatic carbocycles. The number of methoxy groups -OCH3 is 1. The SMILES string of the molecule is COc1ccc([C@@]2(C)NC(=O)N(CC(=O)N(CC(C)C)[C@@H]3CCS(=O)(=O)C3)C2=O)cc1. The van der Waals surface area contributed by atoms with Crippen LogP contribution in [0.25, 0.3) is 0 Å². The molecule has 1 N–H and O–H groups in total. The minimum Gasteiger partial charge on any atom is -0.497 e. The highest BCUT2D eigenvalue weighted by atomic mass is 32.2. The molecule has 2 aliphatic heterocycles. The van der Waals surface area contributed by atoms with Crippen LogP contribution in [0.5, 0.6) is 5.75 Å². The van der Waals surface area contributed by atoms with Crippen molar-refractivity contribution in [2.75, 3.05) is 31.7 Å². The molecule has 31 heavy (non-hydrogen) atoms. The quantitative estimate of drug-likeness (QED) is 0.622. The zero-order valence-corrected chi connectivity index (χ0v) is 19.1. The van der Waals surface area contributed by atoms with Gasteiger partial charge in [-0.3, -0.25) is 14.5 Å². The molecule has 9 nitrogen and oxygen atoms in total. The average Bonchev–Trinajstić information content (AvgIpc) is 3.17. The molecule has 2 atom stereocenters. The molecule has 0 unspecified atom stereocenters. The average molecular weight is 452 g/mol. The number of amides is 4. The number of hydrogen-bond acceptors (Lipinski definition) is 6. The molecule has 2 heterocycles. The van der Waals surface area contributed by atoms with Gasteiger partial charge in [0.1, 0.15) is 17.8 Å². The molecule has 2 fully saturated rings. The number of carbonyl (C=O) groups is 3. The van der Waals surface area contributed by atoms with Crippen molar-refractivity contribution < 1.29 is 27.5 Å². The summed E-state index contributed by atoms with van der Waals surface area (Å²) in [6.07, 6.45) is 0.366. The molecule has 3 rings (SSSR count). The summed E-state index contributed by atoms with van der Waals surface area (Å²) in [5, 5.41) is 2.68. The molecule has 10 heteroatoms. The lowest BCUT2D eigenvalue weighted by atomic mass is 9.92. The highest BCUT2D eigenvalue weighted by molar-refractivity contribution is 7.91. The fraction of sp³-hybridized carbons (Fsp3) is 0.571. The van der Waals surface area contributed by atoms with Gasteiger partial charge in [-0.05, 0) is 37.0 Å². The van der Waals surface area contributed by atoms with E-state index >= 15 is 0 Å². The number of imide groups is 1. The third-order valence-electron chi connectivity index (χ3n) is 5.77. The molecule has 2 aliphatic rings. The van der Waals surface area contributed by atoms with Gasteiger partial charge >= 0.3 is 6.03 Å². The van der Waals surface area contributed by atoms with Gasteiger partial charge in [0.05, 0.1) is 18.6 Å². The number of hydrogen-bond donors (Lipinski definition) is 1. The highest BCUT2D eigenvalue weighted by Crippen LogP contribution is 2.30. The summed E-state index contributed by atoms with van der Waals surface area (Å²) < 4.78 is 29.0. The van der Waals surface area contributed by atoms with Crippen LogP contribution < -0.4 is 10.1 Å². The third-order valence-corrected chi connectivity index (χ3v) is 7.52. The molecular weight excluding hydrogens is 422 g/mol. The Morgan fingerprint density at radius 1 is 1.29 bits per heavy atom. The van der Waals surface area contributed by atoms with Crippen molar-refractivity contribution in [3.05, 3.63) is 29.8 Å². The van der Waals surface area contributed by atoms with Gasteiger partial charge in [0, 0.05) is 12.6 Å². The largest absolute Gasteiger partial charge is 0.497 e. The summed E-state index contributed by atoms with van der Waals surface area (Å²) in [6.45, 7) is 5.38. The van der Waals surface area contributed by atoms with Gasteiger partial charge in [0.2, 0.25) is 5.91 Å². The van der Waals surface area contributed by atoms with Crippen LogP contribution in [0.2, 0.25) is 0 Å². The number of ether oxygens (including phenoxy) is 1. The van der Waals surface area contributed by atoms with Gasteiger partial charge in [0.25, 0.3) is 5.91 Å². The fourth-order valence-electron chi connectivity index (χ4n) is 4.06. The first kappa shape index (κ1) is 23.1. The number of rotatable bonds is 7. The molecule has 0 saturated carbocycles. The second-order valence-corrected chi connectivity index (χ2v) is 10.9. The van der Waals surface area contributed by atoms with Crippen LogP contribution in [-0.4, -0.2) is 73.8 Å². The lowest BCUT2D eigenvalue weighted by Gasteiger charge is -2.31. The van der Waals surface area contributed by atoms with Gasteiger partial charge < -0.3 is 15.0 Å². The first-order valence-electron chi connectivity index (χ1n) is 10.3. The monoisotopic (exact) mass is 451 g/mol. The molecular formula is C21H29N3O6S. The van der Waals surface area contributed by atoms with Gasteiger partial charge in [-0.25, -0.2) is 13.2 Å². The molecule has 170 valence electrons. The van der Waals surface area contributed by atoms with Crippen LogP contribution in [0.15, 0.2) is 24.3 Å². The summed E-state index contributed by atoms with van der Waals surface area (Å²) in [5.41, 5.74) is -0.731. The predicted molar refractivity (Wildman–Crippen MR) is 114 cm³/mol. The molecule has 0 radical (unpaired) electrons. The summed E-state index contributed by atoms with van der Waals surface area (Å²) in [5.74, 6) is -0.280. The van der Waals surface area contributed by atoms with E-state index in [0.29, 0.717) is 24.3 Å². The second kappa shape index (κ2) is 8.49. The van der Waals surface area contributed by atoms with Crippen LogP contribution in [-0.2, 0) is 25.0 Å². The zero-order chi connectivity index (χ0) is 23.0. The van der Waals surface area contributed by atoms with E-state index in [1.807, 2.05) is 13.8 Å². The van der Waals surface area contributed by atoms with E-state index < -0.39 is 45.8 Å². The van der Waals surface area contributed by atoms with Crippen LogP contribution in [0, 0.1) is 5.92 Å². The van der Waals surface area contributed by atoms with E-state index in [4.69, 9.17) is 4.74 Å². The maximum Gasteiger partial charge on any atom is 0.325 e. The highest BCUT2D eigenvalue weighted by Gasteiger charge is 2.50. The maximum absolute atomic E-state index is 13.1. The topological polar surface area (TPSA) is 113 Å². The Balaban J connectivity index is 1.79. The van der Waals surface area contributed by atoms with Crippen molar-refractivity contribution in [1.82, 2.24) is 15.1 Å². The number of nitrogens with zero attached hydrogens (tertiary/aromatic N) is 2. The van der Waals surface area contributed by atoms with Gasteiger partial charge in [-0.15, -0.1) is 0 Å². The molecule has 4 amide bonds. The molecule has 0 spiro atoms. The van der Waals surface area contributed by atoms with E-state index in [1.165, 1.54) is 12.0 Å². The number of nitrogens with one attached hydrogen (secondary N) is 1. The van der Waals surface area contributed by atoms with Crippen molar-refractivity contribution in [2.24, 2.45) is 5.92 Å². The molecule has 0 bridgehead atoms. The minimum atomic E-state index is -3.18. The zero-order valence-electron chi connectivity index (χ0n) is 18.3. The van der Waals surface area contributed by atoms with Gasteiger partial charge in [-0.1, -0.05) is 26.0 Å². The number of benzene rings is 1. The Morgan fingerprint density at radius 2 is 1.94 bits per heavy atom. The van der Waals surface area contributed by atoms with E-state index in [-0.39, 0.29) is 17.4 Å². The second-order valence-electron chi connectivity index (χ2n) is 8.67. The maximum atomic E-state index is 13.1. The van der Waals surface area contributed by atoms with Crippen LogP contribution in [0.3, 0.4) is 0 Å². The number of urea groups is 1. The summed E-state index contributed by atoms with van der Waals surface area (Å²) in [7, 11) is -1.65. The van der Waals surface area contributed by atoms with Gasteiger partial charge in [0.15, 0.2) is 9.84 Å². The van der Waals surface area contributed by atoms with E-state index in [9.17, 15) is 22.8 Å². The molecule has 2 saturated heterocycles. The molecule has 1 aromatic rings. The number of sulfone groups is 1. The van der Waals surface area contributed by atoms with E-state index in [2.05, 4.69) is 5.32 Å². The standard InChI is InChI=1S/C21H29N3O6S/c1-14(2)11-23(16-9-10-31(28,29)13-16)18(25)12-24-19(26)21(3,22-20(24)27)15-5-7-17(30-4)8-6-15/h5-8,14,16H,9-13H2,1-4H3,(H,22,27)/t16-,21-/m1/s1. The summed E-state index contributed by atoms with van der Waals surface area (Å²) in [6, 6.07) is 5.68. The van der Waals surface area contributed by atoms with Crippen molar-refractivity contribution in [3.63, 3.8) is 0 Å². The van der Waals surface area contributed by atoms with Crippen molar-refractivity contribution in [1.29, 1.82) is 0 Å². The first-order chi connectivity index (χ1) is 14.5. The fourth-order valence-corrected chi connectivity index (χ4v) is 5.79. The molecule has 0 aromatic heterocycles. The lowest BCUT2D eigenvalue weighted by molar-refractivity contribution is -0.140.